The monoisotopic (exact) mass is 488 g/mol. The summed E-state index contributed by atoms with van der Waals surface area (Å²) in [5.74, 6) is 1.49. The van der Waals surface area contributed by atoms with Crippen LogP contribution in [0.2, 0.25) is 0 Å². The minimum Gasteiger partial charge on any atom is -0.508 e. The van der Waals surface area contributed by atoms with Gasteiger partial charge in [0.05, 0.1) is 6.61 Å². The molecule has 0 bridgehead atoms. The van der Waals surface area contributed by atoms with Gasteiger partial charge < -0.3 is 9.84 Å². The number of carbonyl (C=O) groups excluding carboxylic acids is 1. The van der Waals surface area contributed by atoms with Gasteiger partial charge in [0.1, 0.15) is 5.75 Å². The van der Waals surface area contributed by atoms with E-state index >= 15 is 0 Å². The first-order valence-electron chi connectivity index (χ1n) is 15.0. The minimum atomic E-state index is 0.00630. The quantitative estimate of drug-likeness (QED) is 0.123. The molecule has 2 unspecified atom stereocenters. The number of hydrogen-bond donors (Lipinski definition) is 1. The van der Waals surface area contributed by atoms with E-state index < -0.39 is 0 Å². The summed E-state index contributed by atoms with van der Waals surface area (Å²) in [7, 11) is 0. The van der Waals surface area contributed by atoms with Gasteiger partial charge in [-0.25, -0.2) is 0 Å². The van der Waals surface area contributed by atoms with Crippen molar-refractivity contribution >= 4 is 5.97 Å². The molecule has 0 heterocycles. The van der Waals surface area contributed by atoms with Crippen LogP contribution in [0.4, 0.5) is 0 Å². The highest BCUT2D eigenvalue weighted by atomic mass is 16.5. The highest BCUT2D eigenvalue weighted by Crippen LogP contribution is 2.24. The van der Waals surface area contributed by atoms with E-state index in [9.17, 15) is 9.90 Å². The van der Waals surface area contributed by atoms with E-state index in [4.69, 9.17) is 4.74 Å². The molecule has 35 heavy (non-hydrogen) atoms. The van der Waals surface area contributed by atoms with E-state index in [1.165, 1.54) is 102 Å². The van der Waals surface area contributed by atoms with Gasteiger partial charge in [-0.3, -0.25) is 4.79 Å². The van der Waals surface area contributed by atoms with Crippen molar-refractivity contribution in [3.05, 3.63) is 29.8 Å². The van der Waals surface area contributed by atoms with Gasteiger partial charge in [-0.2, -0.15) is 0 Å². The first kappa shape index (κ1) is 31.5. The second-order valence-electron chi connectivity index (χ2n) is 10.7. The van der Waals surface area contributed by atoms with Crippen LogP contribution < -0.4 is 0 Å². The molecule has 0 aromatic heterocycles. The van der Waals surface area contributed by atoms with E-state index in [1.807, 2.05) is 0 Å². The summed E-state index contributed by atoms with van der Waals surface area (Å²) in [5.41, 5.74) is 1.34. The van der Waals surface area contributed by atoms with Crippen molar-refractivity contribution in [3.8, 4) is 5.75 Å². The number of unbranched alkanes of at least 4 members (excludes halogenated alkanes) is 13. The fourth-order valence-corrected chi connectivity index (χ4v) is 4.82. The molecule has 0 saturated heterocycles. The van der Waals surface area contributed by atoms with Crippen LogP contribution in [-0.4, -0.2) is 17.7 Å². The lowest BCUT2D eigenvalue weighted by Gasteiger charge is -2.14. The molecule has 1 aromatic rings. The van der Waals surface area contributed by atoms with Crippen molar-refractivity contribution in [2.75, 3.05) is 6.61 Å². The third-order valence-corrected chi connectivity index (χ3v) is 7.50. The Morgan fingerprint density at radius 2 is 1.26 bits per heavy atom. The Morgan fingerprint density at radius 1 is 0.743 bits per heavy atom. The van der Waals surface area contributed by atoms with Crippen molar-refractivity contribution in [2.45, 2.75) is 149 Å². The van der Waals surface area contributed by atoms with Crippen LogP contribution >= 0.6 is 0 Å². The van der Waals surface area contributed by atoms with Crippen molar-refractivity contribution < 1.29 is 14.6 Å². The third-order valence-electron chi connectivity index (χ3n) is 7.50. The molecule has 0 spiro atoms. The van der Waals surface area contributed by atoms with Crippen LogP contribution in [0.1, 0.15) is 154 Å². The van der Waals surface area contributed by atoms with E-state index in [1.54, 1.807) is 12.1 Å². The van der Waals surface area contributed by atoms with Crippen LogP contribution in [0.5, 0.6) is 5.75 Å². The topological polar surface area (TPSA) is 46.5 Å². The van der Waals surface area contributed by atoms with Gasteiger partial charge in [-0.1, -0.05) is 129 Å². The van der Waals surface area contributed by atoms with Gasteiger partial charge >= 0.3 is 5.97 Å². The van der Waals surface area contributed by atoms with Crippen LogP contribution in [0.15, 0.2) is 24.3 Å². The summed E-state index contributed by atoms with van der Waals surface area (Å²) in [6.45, 7) is 7.32. The summed E-state index contributed by atoms with van der Waals surface area (Å²) in [6.07, 6.45) is 23.5. The molecule has 1 N–H and O–H groups in total. The fourth-order valence-electron chi connectivity index (χ4n) is 4.82. The number of ether oxygens (including phenoxy) is 1. The Bertz CT molecular complexity index is 610. The van der Waals surface area contributed by atoms with Gasteiger partial charge in [0.25, 0.3) is 0 Å². The van der Waals surface area contributed by atoms with Gasteiger partial charge in [0.2, 0.25) is 0 Å². The highest BCUT2D eigenvalue weighted by Gasteiger charge is 2.10. The zero-order chi connectivity index (χ0) is 25.6. The van der Waals surface area contributed by atoms with E-state index in [-0.39, 0.29) is 5.97 Å². The molecule has 3 heteroatoms. The molecule has 0 aliphatic carbocycles. The maximum atomic E-state index is 11.9. The molecule has 0 fully saturated rings. The lowest BCUT2D eigenvalue weighted by molar-refractivity contribution is -0.145. The summed E-state index contributed by atoms with van der Waals surface area (Å²) >= 11 is 0. The Labute approximate surface area is 217 Å². The summed E-state index contributed by atoms with van der Waals surface area (Å²) in [4.78, 5) is 11.9. The zero-order valence-electron chi connectivity index (χ0n) is 23.4. The molecule has 0 aliphatic rings. The van der Waals surface area contributed by atoms with Gasteiger partial charge in [-0.15, -0.1) is 0 Å². The SMILES string of the molecule is CCCCC(CC)COC(=O)CCCCCCCCCCCCCCCC(C)c1ccc(O)cc1. The number of benzene rings is 1. The number of carbonyl (C=O) groups is 1. The van der Waals surface area contributed by atoms with Gasteiger partial charge in [0, 0.05) is 6.42 Å². The van der Waals surface area contributed by atoms with Crippen molar-refractivity contribution in [3.63, 3.8) is 0 Å². The number of hydrogen-bond acceptors (Lipinski definition) is 3. The lowest BCUT2D eigenvalue weighted by Crippen LogP contribution is -2.13. The van der Waals surface area contributed by atoms with Gasteiger partial charge in [-0.05, 0) is 48.8 Å². The number of rotatable bonds is 23. The summed E-state index contributed by atoms with van der Waals surface area (Å²) in [6, 6.07) is 7.69. The second kappa shape index (κ2) is 21.7. The predicted octanol–water partition coefficient (Wildman–Crippen LogP) is 10.1. The number of phenols is 1. The van der Waals surface area contributed by atoms with E-state index in [0.717, 1.165) is 19.3 Å². The highest BCUT2D eigenvalue weighted by molar-refractivity contribution is 5.69. The van der Waals surface area contributed by atoms with Crippen LogP contribution in [-0.2, 0) is 9.53 Å². The predicted molar refractivity (Wildman–Crippen MR) is 150 cm³/mol. The maximum Gasteiger partial charge on any atom is 0.305 e. The molecule has 3 nitrogen and oxygen atoms in total. The largest absolute Gasteiger partial charge is 0.508 e. The molecular weight excluding hydrogens is 432 g/mol. The number of aromatic hydroxyl groups is 1. The first-order chi connectivity index (χ1) is 17.1. The Morgan fingerprint density at radius 3 is 1.77 bits per heavy atom. The minimum absolute atomic E-state index is 0.00630. The Hall–Kier alpha value is -1.51. The van der Waals surface area contributed by atoms with Gasteiger partial charge in [0.15, 0.2) is 0 Å². The third kappa shape index (κ3) is 17.5. The molecule has 1 rings (SSSR count). The molecule has 0 aliphatic heterocycles. The fraction of sp³-hybridized carbons (Fsp3) is 0.781. The molecular formula is C32H56O3. The van der Waals surface area contributed by atoms with Crippen LogP contribution in [0.3, 0.4) is 0 Å². The van der Waals surface area contributed by atoms with Crippen LogP contribution in [0, 0.1) is 5.92 Å². The van der Waals surface area contributed by atoms with Crippen LogP contribution in [0.25, 0.3) is 0 Å². The number of phenolic OH excluding ortho intramolecular Hbond substituents is 1. The molecule has 202 valence electrons. The molecule has 0 amide bonds. The Balaban J connectivity index is 1.82. The van der Waals surface area contributed by atoms with E-state index in [2.05, 4.69) is 32.9 Å². The normalized spacial score (nSPS) is 13.0. The molecule has 2 atom stereocenters. The van der Waals surface area contributed by atoms with Crippen molar-refractivity contribution in [1.82, 2.24) is 0 Å². The number of esters is 1. The maximum absolute atomic E-state index is 11.9. The van der Waals surface area contributed by atoms with Crippen molar-refractivity contribution in [1.29, 1.82) is 0 Å². The average molecular weight is 489 g/mol. The smallest absolute Gasteiger partial charge is 0.305 e. The van der Waals surface area contributed by atoms with E-state index in [0.29, 0.717) is 30.6 Å². The average Bonchev–Trinajstić information content (AvgIpc) is 2.86. The second-order valence-corrected chi connectivity index (χ2v) is 10.7. The molecule has 0 radical (unpaired) electrons. The van der Waals surface area contributed by atoms with Crippen molar-refractivity contribution in [2.24, 2.45) is 5.92 Å². The zero-order valence-corrected chi connectivity index (χ0v) is 23.4. The first-order valence-corrected chi connectivity index (χ1v) is 15.0. The molecule has 1 aromatic carbocycles. The summed E-state index contributed by atoms with van der Waals surface area (Å²) < 4.78 is 5.49. The Kier molecular flexibility index (Phi) is 19.6. The summed E-state index contributed by atoms with van der Waals surface area (Å²) in [5, 5.41) is 9.40. The standard InChI is InChI=1S/C32H56O3/c1-4-6-21-29(5-2)27-35-32(34)22-19-17-15-13-11-9-7-8-10-12-14-16-18-20-28(3)30-23-25-31(33)26-24-30/h23-26,28-29,33H,4-22,27H2,1-3H3. The molecule has 0 saturated carbocycles. The lowest BCUT2D eigenvalue weighted by atomic mass is 9.94.